The van der Waals surface area contributed by atoms with E-state index in [1.165, 1.54) is 18.2 Å². The second-order valence-electron chi connectivity index (χ2n) is 2.84. The van der Waals surface area contributed by atoms with E-state index in [4.69, 9.17) is 0 Å². The average Bonchev–Trinajstić information content (AvgIpc) is 2.20. The third-order valence-corrected chi connectivity index (χ3v) is 1.88. The highest BCUT2D eigenvalue weighted by Crippen LogP contribution is 2.19. The van der Waals surface area contributed by atoms with E-state index in [0.717, 1.165) is 6.20 Å². The maximum absolute atomic E-state index is 13.2. The molecular formula is C11H7F2N. The Morgan fingerprint density at radius 2 is 1.71 bits per heavy atom. The minimum absolute atomic E-state index is 0.355. The van der Waals surface area contributed by atoms with Gasteiger partial charge in [-0.2, -0.15) is 0 Å². The monoisotopic (exact) mass is 191 g/mol. The molecule has 1 aromatic heterocycles. The minimum Gasteiger partial charge on any atom is -0.253 e. The lowest BCUT2D eigenvalue weighted by Crippen LogP contribution is -1.87. The van der Waals surface area contributed by atoms with E-state index >= 15 is 0 Å². The Bertz CT molecular complexity index is 437. The van der Waals surface area contributed by atoms with Gasteiger partial charge in [-0.15, -0.1) is 0 Å². The van der Waals surface area contributed by atoms with Crippen molar-refractivity contribution >= 4 is 0 Å². The lowest BCUT2D eigenvalue weighted by molar-refractivity contribution is 0.619. The molecule has 1 aromatic carbocycles. The third-order valence-electron chi connectivity index (χ3n) is 1.88. The molecule has 0 aliphatic carbocycles. The maximum Gasteiger partial charge on any atom is 0.141 e. The molecule has 0 amide bonds. The molecule has 0 saturated carbocycles. The molecule has 1 heterocycles. The highest BCUT2D eigenvalue weighted by Gasteiger charge is 2.04. The number of benzene rings is 1. The van der Waals surface area contributed by atoms with Crippen LogP contribution in [0.3, 0.4) is 0 Å². The Labute approximate surface area is 80.0 Å². The summed E-state index contributed by atoms with van der Waals surface area (Å²) >= 11 is 0. The van der Waals surface area contributed by atoms with Crippen LogP contribution in [-0.4, -0.2) is 4.98 Å². The molecule has 14 heavy (non-hydrogen) atoms. The Morgan fingerprint density at radius 3 is 2.36 bits per heavy atom. The molecule has 0 radical (unpaired) electrons. The number of rotatable bonds is 1. The van der Waals surface area contributed by atoms with E-state index in [-0.39, 0.29) is 5.82 Å². The Morgan fingerprint density at radius 1 is 0.929 bits per heavy atom. The predicted molar refractivity (Wildman–Crippen MR) is 49.6 cm³/mol. The van der Waals surface area contributed by atoms with Crippen LogP contribution in [0.15, 0.2) is 42.6 Å². The van der Waals surface area contributed by atoms with E-state index in [1.807, 2.05) is 0 Å². The lowest BCUT2D eigenvalue weighted by atomic mass is 10.1. The number of halogens is 2. The fraction of sp³-hybridized carbons (Fsp3) is 0. The number of aromatic nitrogens is 1. The van der Waals surface area contributed by atoms with Crippen LogP contribution >= 0.6 is 0 Å². The second kappa shape index (κ2) is 3.54. The summed E-state index contributed by atoms with van der Waals surface area (Å²) in [5.41, 5.74) is 0.817. The summed E-state index contributed by atoms with van der Waals surface area (Å²) in [5.74, 6) is -0.781. The predicted octanol–water partition coefficient (Wildman–Crippen LogP) is 3.03. The summed E-state index contributed by atoms with van der Waals surface area (Å²) in [4.78, 5) is 3.79. The van der Waals surface area contributed by atoms with E-state index in [1.54, 1.807) is 18.2 Å². The fourth-order valence-corrected chi connectivity index (χ4v) is 1.20. The molecule has 0 spiro atoms. The molecule has 0 aliphatic rings. The van der Waals surface area contributed by atoms with Crippen LogP contribution in [0.1, 0.15) is 0 Å². The van der Waals surface area contributed by atoms with Crippen molar-refractivity contribution in [2.45, 2.75) is 0 Å². The molecule has 3 heteroatoms. The topological polar surface area (TPSA) is 12.9 Å². The number of hydrogen-bond donors (Lipinski definition) is 0. The van der Waals surface area contributed by atoms with Crippen LogP contribution in [0.5, 0.6) is 0 Å². The van der Waals surface area contributed by atoms with Gasteiger partial charge in [0, 0.05) is 5.56 Å². The molecule has 0 N–H and O–H groups in total. The summed E-state index contributed by atoms with van der Waals surface area (Å²) in [5, 5.41) is 0. The van der Waals surface area contributed by atoms with Crippen LogP contribution < -0.4 is 0 Å². The van der Waals surface area contributed by atoms with Gasteiger partial charge in [0.25, 0.3) is 0 Å². The maximum atomic E-state index is 13.2. The SMILES string of the molecule is Fc1ccc(-c2ccccc2F)nc1. The van der Waals surface area contributed by atoms with Crippen LogP contribution in [0.4, 0.5) is 8.78 Å². The molecule has 0 bridgehead atoms. The highest BCUT2D eigenvalue weighted by atomic mass is 19.1. The van der Waals surface area contributed by atoms with Gasteiger partial charge in [0.05, 0.1) is 11.9 Å². The van der Waals surface area contributed by atoms with Gasteiger partial charge in [0.2, 0.25) is 0 Å². The van der Waals surface area contributed by atoms with Gasteiger partial charge in [-0.05, 0) is 24.3 Å². The van der Waals surface area contributed by atoms with Gasteiger partial charge in [-0.1, -0.05) is 12.1 Å². The molecule has 70 valence electrons. The number of pyridine rings is 1. The first-order valence-corrected chi connectivity index (χ1v) is 4.14. The van der Waals surface area contributed by atoms with Crippen molar-refractivity contribution < 1.29 is 8.78 Å². The van der Waals surface area contributed by atoms with Crippen LogP contribution in [0.25, 0.3) is 11.3 Å². The minimum atomic E-state index is -0.426. The lowest BCUT2D eigenvalue weighted by Gasteiger charge is -2.00. The molecule has 1 nitrogen and oxygen atoms in total. The van der Waals surface area contributed by atoms with Gasteiger partial charge in [0.1, 0.15) is 11.6 Å². The quantitative estimate of drug-likeness (QED) is 0.675. The largest absolute Gasteiger partial charge is 0.253 e. The van der Waals surface area contributed by atoms with Crippen molar-refractivity contribution in [2.75, 3.05) is 0 Å². The molecule has 0 fully saturated rings. The van der Waals surface area contributed by atoms with Crippen molar-refractivity contribution in [2.24, 2.45) is 0 Å². The van der Waals surface area contributed by atoms with Gasteiger partial charge in [-0.3, -0.25) is 4.98 Å². The van der Waals surface area contributed by atoms with E-state index < -0.39 is 5.82 Å². The fourth-order valence-electron chi connectivity index (χ4n) is 1.20. The standard InChI is InChI=1S/C11H7F2N/c12-8-5-6-11(14-7-8)9-3-1-2-4-10(9)13/h1-7H. The van der Waals surface area contributed by atoms with Crippen molar-refractivity contribution in [1.82, 2.24) is 4.98 Å². The Hall–Kier alpha value is -1.77. The Kier molecular flexibility index (Phi) is 2.23. The molecule has 0 saturated heterocycles. The van der Waals surface area contributed by atoms with Crippen molar-refractivity contribution in [1.29, 1.82) is 0 Å². The Balaban J connectivity index is 2.50. The highest BCUT2D eigenvalue weighted by molar-refractivity contribution is 5.59. The summed E-state index contributed by atoms with van der Waals surface area (Å²) in [6.45, 7) is 0. The van der Waals surface area contributed by atoms with Crippen molar-refractivity contribution in [3.8, 4) is 11.3 Å². The smallest absolute Gasteiger partial charge is 0.141 e. The van der Waals surface area contributed by atoms with Crippen molar-refractivity contribution in [3.05, 3.63) is 54.2 Å². The molecule has 2 aromatic rings. The van der Waals surface area contributed by atoms with E-state index in [2.05, 4.69) is 4.98 Å². The van der Waals surface area contributed by atoms with Crippen LogP contribution in [0, 0.1) is 11.6 Å². The second-order valence-corrected chi connectivity index (χ2v) is 2.84. The van der Waals surface area contributed by atoms with Gasteiger partial charge in [0.15, 0.2) is 0 Å². The zero-order valence-electron chi connectivity index (χ0n) is 7.24. The summed E-state index contributed by atoms with van der Waals surface area (Å²) in [6, 6.07) is 8.98. The van der Waals surface area contributed by atoms with Gasteiger partial charge >= 0.3 is 0 Å². The summed E-state index contributed by atoms with van der Waals surface area (Å²) in [6.07, 6.45) is 1.07. The number of hydrogen-bond acceptors (Lipinski definition) is 1. The van der Waals surface area contributed by atoms with Crippen LogP contribution in [0.2, 0.25) is 0 Å². The third kappa shape index (κ3) is 1.62. The normalized spacial score (nSPS) is 10.1. The van der Waals surface area contributed by atoms with E-state index in [0.29, 0.717) is 11.3 Å². The molecule has 2 rings (SSSR count). The van der Waals surface area contributed by atoms with E-state index in [9.17, 15) is 8.78 Å². The molecule has 0 aliphatic heterocycles. The average molecular weight is 191 g/mol. The molecule has 0 unspecified atom stereocenters. The zero-order chi connectivity index (χ0) is 9.97. The van der Waals surface area contributed by atoms with Crippen molar-refractivity contribution in [3.63, 3.8) is 0 Å². The van der Waals surface area contributed by atoms with Gasteiger partial charge in [-0.25, -0.2) is 8.78 Å². The first-order chi connectivity index (χ1) is 6.77. The number of nitrogens with zero attached hydrogens (tertiary/aromatic N) is 1. The van der Waals surface area contributed by atoms with Crippen LogP contribution in [-0.2, 0) is 0 Å². The summed E-state index contributed by atoms with van der Waals surface area (Å²) in [7, 11) is 0. The summed E-state index contributed by atoms with van der Waals surface area (Å²) < 4.78 is 25.8. The molecular weight excluding hydrogens is 184 g/mol. The zero-order valence-corrected chi connectivity index (χ0v) is 7.24. The van der Waals surface area contributed by atoms with Gasteiger partial charge < -0.3 is 0 Å². The molecule has 0 atom stereocenters. The first-order valence-electron chi connectivity index (χ1n) is 4.14. The first kappa shape index (κ1) is 8.81.